The van der Waals surface area contributed by atoms with Crippen molar-refractivity contribution in [1.82, 2.24) is 4.98 Å². The molecule has 3 heteroatoms. The molecular weight excluding hydrogens is 308 g/mol. The number of amides is 1. The van der Waals surface area contributed by atoms with Crippen LogP contribution in [0.4, 0.5) is 5.69 Å². The van der Waals surface area contributed by atoms with E-state index in [2.05, 4.69) is 35.7 Å². The van der Waals surface area contributed by atoms with E-state index in [1.807, 2.05) is 30.3 Å². The van der Waals surface area contributed by atoms with Gasteiger partial charge in [0.1, 0.15) is 0 Å². The van der Waals surface area contributed by atoms with Crippen molar-refractivity contribution in [3.05, 3.63) is 71.4 Å². The quantitative estimate of drug-likeness (QED) is 0.713. The average Bonchev–Trinajstić information content (AvgIpc) is 2.61. The van der Waals surface area contributed by atoms with Gasteiger partial charge in [0.25, 0.3) is 0 Å². The van der Waals surface area contributed by atoms with Crippen LogP contribution < -0.4 is 5.32 Å². The molecule has 0 radical (unpaired) electrons. The standard InChI is InChI=1S/C22H20N2O/c1-15(25)23-20-11-4-2-7-16(20)13-18-9-6-10-19-14-17-8-3-5-12-21(17)24-22(18)19/h2-5,7-8,11-14H,6,9-10H2,1H3,(H,23,25). The Balaban J connectivity index is 1.82. The molecule has 1 aliphatic rings. The predicted molar refractivity (Wildman–Crippen MR) is 103 cm³/mol. The molecule has 1 heterocycles. The Bertz CT molecular complexity index is 988. The molecule has 3 nitrogen and oxygen atoms in total. The Labute approximate surface area is 147 Å². The Kier molecular flexibility index (Phi) is 4.06. The van der Waals surface area contributed by atoms with Crippen LogP contribution in [0.15, 0.2) is 54.6 Å². The van der Waals surface area contributed by atoms with Crippen LogP contribution in [0.2, 0.25) is 0 Å². The monoisotopic (exact) mass is 328 g/mol. The molecule has 3 aromatic rings. The lowest BCUT2D eigenvalue weighted by atomic mass is 9.89. The van der Waals surface area contributed by atoms with Gasteiger partial charge in [-0.3, -0.25) is 4.79 Å². The number of nitrogens with one attached hydrogen (secondary N) is 1. The van der Waals surface area contributed by atoms with Crippen LogP contribution in [0.5, 0.6) is 0 Å². The van der Waals surface area contributed by atoms with Gasteiger partial charge in [-0.15, -0.1) is 0 Å². The summed E-state index contributed by atoms with van der Waals surface area (Å²) in [6.07, 6.45) is 5.37. The molecule has 0 spiro atoms. The highest BCUT2D eigenvalue weighted by Gasteiger charge is 2.17. The molecule has 0 atom stereocenters. The molecule has 1 aliphatic carbocycles. The van der Waals surface area contributed by atoms with Crippen LogP contribution in [0.3, 0.4) is 0 Å². The molecule has 2 aromatic carbocycles. The summed E-state index contributed by atoms with van der Waals surface area (Å²) in [5, 5.41) is 4.11. The van der Waals surface area contributed by atoms with Crippen LogP contribution in [0.1, 0.15) is 36.6 Å². The Morgan fingerprint density at radius 1 is 1.08 bits per heavy atom. The van der Waals surface area contributed by atoms with Crippen molar-refractivity contribution < 1.29 is 4.79 Å². The maximum atomic E-state index is 11.5. The number of anilines is 1. The van der Waals surface area contributed by atoms with E-state index in [0.29, 0.717) is 0 Å². The van der Waals surface area contributed by atoms with E-state index in [9.17, 15) is 4.79 Å². The lowest BCUT2D eigenvalue weighted by Gasteiger charge is -2.19. The van der Waals surface area contributed by atoms with Crippen molar-refractivity contribution in [3.8, 4) is 0 Å². The number of carbonyl (C=O) groups excluding carboxylic acids is 1. The molecule has 1 aromatic heterocycles. The topological polar surface area (TPSA) is 42.0 Å². The maximum absolute atomic E-state index is 11.5. The fraction of sp³-hybridized carbons (Fsp3) is 0.182. The number of hydrogen-bond donors (Lipinski definition) is 1. The molecule has 0 aliphatic heterocycles. The third-order valence-electron chi connectivity index (χ3n) is 4.60. The molecule has 0 fully saturated rings. The van der Waals surface area contributed by atoms with Crippen LogP contribution in [-0.4, -0.2) is 10.9 Å². The second kappa shape index (κ2) is 6.52. The van der Waals surface area contributed by atoms with Gasteiger partial charge in [-0.25, -0.2) is 4.98 Å². The van der Waals surface area contributed by atoms with E-state index in [1.165, 1.54) is 23.4 Å². The normalized spacial score (nSPS) is 15.2. The van der Waals surface area contributed by atoms with Gasteiger partial charge in [0.15, 0.2) is 0 Å². The second-order valence-electron chi connectivity index (χ2n) is 6.48. The van der Waals surface area contributed by atoms with Gasteiger partial charge in [-0.2, -0.15) is 0 Å². The molecule has 0 unspecified atom stereocenters. The number of fused-ring (bicyclic) bond motifs is 2. The first-order chi connectivity index (χ1) is 12.2. The summed E-state index contributed by atoms with van der Waals surface area (Å²) in [5.74, 6) is -0.0565. The minimum absolute atomic E-state index is 0.0565. The number of allylic oxidation sites excluding steroid dienone is 1. The van der Waals surface area contributed by atoms with E-state index in [0.717, 1.165) is 41.7 Å². The second-order valence-corrected chi connectivity index (χ2v) is 6.48. The number of pyridine rings is 1. The van der Waals surface area contributed by atoms with Crippen LogP contribution >= 0.6 is 0 Å². The smallest absolute Gasteiger partial charge is 0.221 e. The number of para-hydroxylation sites is 2. The molecule has 0 saturated carbocycles. The maximum Gasteiger partial charge on any atom is 0.221 e. The minimum atomic E-state index is -0.0565. The third kappa shape index (κ3) is 3.18. The highest BCUT2D eigenvalue weighted by molar-refractivity contribution is 5.94. The predicted octanol–water partition coefficient (Wildman–Crippen LogP) is 5.07. The highest BCUT2D eigenvalue weighted by atomic mass is 16.1. The van der Waals surface area contributed by atoms with Crippen LogP contribution in [-0.2, 0) is 11.2 Å². The molecule has 124 valence electrons. The summed E-state index contributed by atoms with van der Waals surface area (Å²) in [7, 11) is 0. The lowest BCUT2D eigenvalue weighted by molar-refractivity contribution is -0.114. The van der Waals surface area contributed by atoms with Crippen molar-refractivity contribution in [3.63, 3.8) is 0 Å². The summed E-state index contributed by atoms with van der Waals surface area (Å²) >= 11 is 0. The fourth-order valence-corrected chi connectivity index (χ4v) is 3.47. The number of carbonyl (C=O) groups is 1. The summed E-state index contributed by atoms with van der Waals surface area (Å²) in [5.41, 5.74) is 6.55. The summed E-state index contributed by atoms with van der Waals surface area (Å²) < 4.78 is 0. The number of benzene rings is 2. The van der Waals surface area contributed by atoms with E-state index in [-0.39, 0.29) is 5.91 Å². The first-order valence-corrected chi connectivity index (χ1v) is 8.67. The zero-order valence-corrected chi connectivity index (χ0v) is 14.3. The first kappa shape index (κ1) is 15.6. The Morgan fingerprint density at radius 3 is 2.76 bits per heavy atom. The number of nitrogens with zero attached hydrogens (tertiary/aromatic N) is 1. The van der Waals surface area contributed by atoms with E-state index < -0.39 is 0 Å². The molecule has 1 N–H and O–H groups in total. The molecule has 25 heavy (non-hydrogen) atoms. The van der Waals surface area contributed by atoms with Crippen LogP contribution in [0.25, 0.3) is 22.6 Å². The van der Waals surface area contributed by atoms with Crippen molar-refractivity contribution in [2.24, 2.45) is 0 Å². The highest BCUT2D eigenvalue weighted by Crippen LogP contribution is 2.34. The van der Waals surface area contributed by atoms with Crippen molar-refractivity contribution in [1.29, 1.82) is 0 Å². The Hall–Kier alpha value is -2.94. The lowest BCUT2D eigenvalue weighted by Crippen LogP contribution is -2.08. The van der Waals surface area contributed by atoms with Crippen LogP contribution in [0, 0.1) is 0 Å². The molecule has 4 rings (SSSR count). The first-order valence-electron chi connectivity index (χ1n) is 8.67. The summed E-state index contributed by atoms with van der Waals surface area (Å²) in [6.45, 7) is 1.54. The molecule has 0 saturated heterocycles. The average molecular weight is 328 g/mol. The molecule has 0 bridgehead atoms. The zero-order valence-electron chi connectivity index (χ0n) is 14.3. The van der Waals surface area contributed by atoms with Gasteiger partial charge in [0, 0.05) is 18.0 Å². The number of aromatic nitrogens is 1. The van der Waals surface area contributed by atoms with Crippen molar-refractivity contribution in [2.45, 2.75) is 26.2 Å². The van der Waals surface area contributed by atoms with Gasteiger partial charge in [0.05, 0.1) is 11.2 Å². The van der Waals surface area contributed by atoms with Gasteiger partial charge in [0.2, 0.25) is 5.91 Å². The van der Waals surface area contributed by atoms with E-state index >= 15 is 0 Å². The number of rotatable bonds is 2. The van der Waals surface area contributed by atoms with Crippen molar-refractivity contribution in [2.75, 3.05) is 5.32 Å². The van der Waals surface area contributed by atoms with Crippen molar-refractivity contribution >= 4 is 34.1 Å². The van der Waals surface area contributed by atoms with Gasteiger partial charge < -0.3 is 5.32 Å². The molecule has 1 amide bonds. The van der Waals surface area contributed by atoms with Gasteiger partial charge >= 0.3 is 0 Å². The number of hydrogen-bond acceptors (Lipinski definition) is 2. The number of aryl methyl sites for hydroxylation is 1. The van der Waals surface area contributed by atoms with E-state index in [4.69, 9.17) is 4.98 Å². The largest absolute Gasteiger partial charge is 0.326 e. The minimum Gasteiger partial charge on any atom is -0.326 e. The zero-order chi connectivity index (χ0) is 17.2. The van der Waals surface area contributed by atoms with Gasteiger partial charge in [-0.1, -0.05) is 36.4 Å². The SMILES string of the molecule is CC(=O)Nc1ccccc1C=C1CCCc2cc3ccccc3nc21. The van der Waals surface area contributed by atoms with Gasteiger partial charge in [-0.05, 0) is 60.2 Å². The fourth-order valence-electron chi connectivity index (χ4n) is 3.47. The summed E-state index contributed by atoms with van der Waals surface area (Å²) in [4.78, 5) is 16.4. The van der Waals surface area contributed by atoms with E-state index in [1.54, 1.807) is 0 Å². The molecular formula is C22H20N2O. The Morgan fingerprint density at radius 2 is 1.88 bits per heavy atom. The summed E-state index contributed by atoms with van der Waals surface area (Å²) in [6, 6.07) is 18.4. The third-order valence-corrected chi connectivity index (χ3v) is 4.60.